The van der Waals surface area contributed by atoms with Gasteiger partial charge in [0.05, 0.1) is 13.2 Å². The maximum absolute atomic E-state index is 12.2. The minimum atomic E-state index is -0.538. The Kier molecular flexibility index (Phi) is 8.18. The minimum absolute atomic E-state index is 0. The fourth-order valence-electron chi connectivity index (χ4n) is 2.37. The topological polar surface area (TPSA) is 90.7 Å². The molecule has 2 aromatic carbocycles. The highest BCUT2D eigenvalue weighted by molar-refractivity contribution is 6.05. The lowest BCUT2D eigenvalue weighted by atomic mass is 10.1. The van der Waals surface area contributed by atoms with Crippen molar-refractivity contribution in [2.75, 3.05) is 19.0 Å². The first-order valence-electron chi connectivity index (χ1n) is 7.84. The summed E-state index contributed by atoms with van der Waals surface area (Å²) in [5, 5.41) is 4.47. The van der Waals surface area contributed by atoms with Crippen molar-refractivity contribution in [3.8, 4) is 5.75 Å². The number of anilines is 1. The first kappa shape index (κ1) is 20.7. The van der Waals surface area contributed by atoms with Gasteiger partial charge in [-0.05, 0) is 18.6 Å². The predicted molar refractivity (Wildman–Crippen MR) is 100 cm³/mol. The summed E-state index contributed by atoms with van der Waals surface area (Å²) in [7, 11) is 1.31. The number of halogens is 1. The molecule has 6 nitrogen and oxygen atoms in total. The van der Waals surface area contributed by atoms with Crippen LogP contribution in [-0.2, 0) is 14.3 Å². The van der Waals surface area contributed by atoms with Gasteiger partial charge in [-0.1, -0.05) is 37.6 Å². The Morgan fingerprint density at radius 1 is 1.16 bits per heavy atom. The van der Waals surface area contributed by atoms with E-state index >= 15 is 0 Å². The largest absolute Gasteiger partial charge is 0.481 e. The number of fused-ring (bicyclic) bond motifs is 1. The highest BCUT2D eigenvalue weighted by atomic mass is 35.5. The SMILES string of the molecule is CCCC(N)C(=O)Nc1ccc(OCC(=O)OC)c2ccccc12.Cl. The Morgan fingerprint density at radius 3 is 2.48 bits per heavy atom. The number of rotatable bonds is 7. The van der Waals surface area contributed by atoms with Crippen molar-refractivity contribution >= 4 is 40.7 Å². The molecule has 1 atom stereocenters. The molecular formula is C18H23ClN2O4. The predicted octanol–water partition coefficient (Wildman–Crippen LogP) is 2.88. The van der Waals surface area contributed by atoms with E-state index in [1.165, 1.54) is 7.11 Å². The lowest BCUT2D eigenvalue weighted by Gasteiger charge is -2.15. The van der Waals surface area contributed by atoms with Crippen molar-refractivity contribution in [1.82, 2.24) is 0 Å². The average molecular weight is 367 g/mol. The number of hydrogen-bond acceptors (Lipinski definition) is 5. The van der Waals surface area contributed by atoms with Crippen molar-refractivity contribution in [3.05, 3.63) is 36.4 Å². The summed E-state index contributed by atoms with van der Waals surface area (Å²) >= 11 is 0. The molecule has 0 radical (unpaired) electrons. The van der Waals surface area contributed by atoms with Crippen molar-refractivity contribution < 1.29 is 19.1 Å². The van der Waals surface area contributed by atoms with Crippen molar-refractivity contribution in [2.45, 2.75) is 25.8 Å². The zero-order valence-electron chi connectivity index (χ0n) is 14.3. The van der Waals surface area contributed by atoms with Gasteiger partial charge in [0.2, 0.25) is 5.91 Å². The van der Waals surface area contributed by atoms with Gasteiger partial charge in [-0.15, -0.1) is 12.4 Å². The summed E-state index contributed by atoms with van der Waals surface area (Å²) in [5.74, 6) is -0.126. The van der Waals surface area contributed by atoms with E-state index in [-0.39, 0.29) is 24.9 Å². The molecule has 2 aromatic rings. The molecule has 0 bridgehead atoms. The smallest absolute Gasteiger partial charge is 0.343 e. The molecule has 0 spiro atoms. The maximum Gasteiger partial charge on any atom is 0.343 e. The van der Waals surface area contributed by atoms with Crippen LogP contribution in [0.4, 0.5) is 5.69 Å². The van der Waals surface area contributed by atoms with E-state index in [4.69, 9.17) is 10.5 Å². The Hall–Kier alpha value is -2.31. The first-order chi connectivity index (χ1) is 11.6. The van der Waals surface area contributed by atoms with E-state index < -0.39 is 12.0 Å². The lowest BCUT2D eigenvalue weighted by molar-refractivity contribution is -0.142. The second kappa shape index (κ2) is 9.86. The highest BCUT2D eigenvalue weighted by Gasteiger charge is 2.15. The zero-order valence-corrected chi connectivity index (χ0v) is 15.1. The van der Waals surface area contributed by atoms with Crippen LogP contribution in [0.25, 0.3) is 10.8 Å². The molecule has 0 aliphatic heterocycles. The fraction of sp³-hybridized carbons (Fsp3) is 0.333. The molecule has 1 unspecified atom stereocenters. The van der Waals surface area contributed by atoms with Gasteiger partial charge in [-0.3, -0.25) is 4.79 Å². The minimum Gasteiger partial charge on any atom is -0.481 e. The monoisotopic (exact) mass is 366 g/mol. The Balaban J connectivity index is 0.00000312. The molecule has 1 amide bonds. The third-order valence-corrected chi connectivity index (χ3v) is 3.65. The third-order valence-electron chi connectivity index (χ3n) is 3.65. The summed E-state index contributed by atoms with van der Waals surface area (Å²) in [6.45, 7) is 1.81. The van der Waals surface area contributed by atoms with Crippen LogP contribution in [0.2, 0.25) is 0 Å². The number of ether oxygens (including phenoxy) is 2. The lowest BCUT2D eigenvalue weighted by Crippen LogP contribution is -2.35. The normalized spacial score (nSPS) is 11.3. The quantitative estimate of drug-likeness (QED) is 0.735. The summed E-state index contributed by atoms with van der Waals surface area (Å²) in [4.78, 5) is 23.4. The van der Waals surface area contributed by atoms with Crippen molar-refractivity contribution in [1.29, 1.82) is 0 Å². The van der Waals surface area contributed by atoms with Crippen molar-refractivity contribution in [3.63, 3.8) is 0 Å². The van der Waals surface area contributed by atoms with Gasteiger partial charge in [0, 0.05) is 16.5 Å². The molecule has 0 saturated heterocycles. The van der Waals surface area contributed by atoms with Crippen LogP contribution >= 0.6 is 12.4 Å². The van der Waals surface area contributed by atoms with Gasteiger partial charge in [0.1, 0.15) is 5.75 Å². The molecule has 0 saturated carbocycles. The molecular weight excluding hydrogens is 344 g/mol. The molecule has 25 heavy (non-hydrogen) atoms. The molecule has 7 heteroatoms. The summed E-state index contributed by atoms with van der Waals surface area (Å²) in [6, 6.07) is 10.4. The average Bonchev–Trinajstić information content (AvgIpc) is 2.60. The summed E-state index contributed by atoms with van der Waals surface area (Å²) in [6.07, 6.45) is 1.47. The van der Waals surface area contributed by atoms with E-state index in [0.29, 0.717) is 17.9 Å². The number of nitrogens with one attached hydrogen (secondary N) is 1. The van der Waals surface area contributed by atoms with Crippen LogP contribution in [0.15, 0.2) is 36.4 Å². The molecule has 0 fully saturated rings. The van der Waals surface area contributed by atoms with Crippen molar-refractivity contribution in [2.24, 2.45) is 5.73 Å². The Morgan fingerprint density at radius 2 is 1.84 bits per heavy atom. The Bertz CT molecular complexity index is 736. The van der Waals surface area contributed by atoms with Gasteiger partial charge in [0.25, 0.3) is 0 Å². The van der Waals surface area contributed by atoms with Crippen LogP contribution in [0.1, 0.15) is 19.8 Å². The Labute approximate surface area is 153 Å². The van der Waals surface area contributed by atoms with Gasteiger partial charge in [0.15, 0.2) is 6.61 Å². The summed E-state index contributed by atoms with van der Waals surface area (Å²) < 4.78 is 10.1. The van der Waals surface area contributed by atoms with Gasteiger partial charge in [-0.25, -0.2) is 4.79 Å². The number of esters is 1. The number of carbonyl (C=O) groups excluding carboxylic acids is 2. The first-order valence-corrected chi connectivity index (χ1v) is 7.84. The zero-order chi connectivity index (χ0) is 17.5. The van der Waals surface area contributed by atoms with Crippen LogP contribution in [0.5, 0.6) is 5.75 Å². The molecule has 0 aliphatic rings. The van der Waals surface area contributed by atoms with E-state index in [1.807, 2.05) is 31.2 Å². The number of amides is 1. The standard InChI is InChI=1S/C18H22N2O4.ClH/c1-3-6-14(19)18(22)20-15-9-10-16(24-11-17(21)23-2)13-8-5-4-7-12(13)15;/h4-5,7-10,14H,3,6,11,19H2,1-2H3,(H,20,22);1H. The number of benzene rings is 2. The fourth-order valence-corrected chi connectivity index (χ4v) is 2.37. The molecule has 0 aliphatic carbocycles. The van der Waals surface area contributed by atoms with Crippen LogP contribution in [0.3, 0.4) is 0 Å². The van der Waals surface area contributed by atoms with E-state index in [1.54, 1.807) is 12.1 Å². The second-order valence-electron chi connectivity index (χ2n) is 5.41. The highest BCUT2D eigenvalue weighted by Crippen LogP contribution is 2.31. The van der Waals surface area contributed by atoms with E-state index in [0.717, 1.165) is 17.2 Å². The number of carbonyl (C=O) groups is 2. The van der Waals surface area contributed by atoms with Crippen LogP contribution in [0, 0.1) is 0 Å². The van der Waals surface area contributed by atoms with E-state index in [9.17, 15) is 9.59 Å². The molecule has 2 rings (SSSR count). The summed E-state index contributed by atoms with van der Waals surface area (Å²) in [5.41, 5.74) is 6.52. The second-order valence-corrected chi connectivity index (χ2v) is 5.41. The number of nitrogens with two attached hydrogens (primary N) is 1. The number of hydrogen-bond donors (Lipinski definition) is 2. The molecule has 0 aromatic heterocycles. The van der Waals surface area contributed by atoms with Crippen LogP contribution in [-0.4, -0.2) is 31.6 Å². The van der Waals surface area contributed by atoms with Gasteiger partial charge < -0.3 is 20.5 Å². The molecule has 0 heterocycles. The van der Waals surface area contributed by atoms with Gasteiger partial charge >= 0.3 is 5.97 Å². The van der Waals surface area contributed by atoms with Gasteiger partial charge in [-0.2, -0.15) is 0 Å². The third kappa shape index (κ3) is 5.34. The molecule has 136 valence electrons. The van der Waals surface area contributed by atoms with Crippen LogP contribution < -0.4 is 15.8 Å². The number of methoxy groups -OCH3 is 1. The maximum atomic E-state index is 12.2. The van der Waals surface area contributed by atoms with E-state index in [2.05, 4.69) is 10.1 Å². The molecule has 3 N–H and O–H groups in total.